The number of nitrogens with zero attached hydrogens (tertiary/aromatic N) is 7. The van der Waals surface area contributed by atoms with Crippen LogP contribution in [-0.4, -0.2) is 97.2 Å². The number of nitriles is 1. The Balaban J connectivity index is 1.29. The minimum Gasteiger partial charge on any atom is -0.461 e. The highest BCUT2D eigenvalue weighted by Gasteiger charge is 2.43. The second-order valence-corrected chi connectivity index (χ2v) is 13.2. The second-order valence-electron chi connectivity index (χ2n) is 13.2. The van der Waals surface area contributed by atoms with Gasteiger partial charge in [-0.25, -0.2) is 0 Å². The van der Waals surface area contributed by atoms with E-state index in [-0.39, 0.29) is 23.9 Å². The predicted octanol–water partition coefficient (Wildman–Crippen LogP) is 4.07. The van der Waals surface area contributed by atoms with Crippen molar-refractivity contribution in [2.45, 2.75) is 57.2 Å². The number of ether oxygens (including phenoxy) is 1. The summed E-state index contributed by atoms with van der Waals surface area (Å²) in [5.41, 5.74) is 4.56. The number of nitrogens with one attached hydrogen (secondary N) is 1. The molecule has 2 fully saturated rings. The Bertz CT molecular complexity index is 1620. The van der Waals surface area contributed by atoms with E-state index in [2.05, 4.69) is 90.1 Å². The fourth-order valence-corrected chi connectivity index (χ4v) is 6.90. The maximum absolute atomic E-state index is 12.6. The van der Waals surface area contributed by atoms with E-state index in [0.717, 1.165) is 62.4 Å². The number of amides is 1. The number of rotatable bonds is 12. The number of aryl methyl sites for hydroxylation is 1. The summed E-state index contributed by atoms with van der Waals surface area (Å²) >= 11 is 0. The van der Waals surface area contributed by atoms with Crippen LogP contribution in [0.5, 0.6) is 6.01 Å². The van der Waals surface area contributed by atoms with E-state index < -0.39 is 0 Å². The lowest BCUT2D eigenvalue weighted by Gasteiger charge is -2.42. The van der Waals surface area contributed by atoms with Gasteiger partial charge < -0.3 is 29.7 Å². The normalized spacial score (nSPS) is 18.8. The third kappa shape index (κ3) is 6.81. The van der Waals surface area contributed by atoms with Crippen LogP contribution in [0.3, 0.4) is 0 Å². The number of aromatic nitrogens is 2. The van der Waals surface area contributed by atoms with Gasteiger partial charge in [0.05, 0.1) is 36.3 Å². The first-order valence-corrected chi connectivity index (χ1v) is 16.5. The molecule has 3 heterocycles. The highest BCUT2D eigenvalue weighted by molar-refractivity contribution is 5.97. The van der Waals surface area contributed by atoms with Crippen molar-refractivity contribution in [3.8, 4) is 12.1 Å². The lowest BCUT2D eigenvalue weighted by atomic mass is 9.99. The van der Waals surface area contributed by atoms with Crippen molar-refractivity contribution in [1.29, 1.82) is 5.26 Å². The van der Waals surface area contributed by atoms with Crippen molar-refractivity contribution < 1.29 is 9.53 Å². The Morgan fingerprint density at radius 1 is 1.17 bits per heavy atom. The molecule has 1 atom stereocenters. The molecule has 1 saturated heterocycles. The molecule has 3 aromatic rings. The standard InChI is InChI=1S/C36H46N8O2/c1-5-32(45)44-22-21-43(23-28(44)13-17-37)34-29-14-20-42(31-12-7-11-27-10-6-9-26(2)33(27)31)24-30(29)39-35(40-34)46-25-36(15-16-36)38-18-8-19-41(3)4/h5-7,9-12,28,38H,1,8,13-16,18-25H2,2-4H3/t28-/m0/s1. The lowest BCUT2D eigenvalue weighted by Crippen LogP contribution is -2.55. The van der Waals surface area contributed by atoms with E-state index in [1.54, 1.807) is 4.90 Å². The number of benzene rings is 2. The van der Waals surface area contributed by atoms with Crippen molar-refractivity contribution in [2.75, 3.05) is 69.8 Å². The fourth-order valence-electron chi connectivity index (χ4n) is 6.90. The quantitative estimate of drug-likeness (QED) is 0.237. The number of piperazine rings is 1. The van der Waals surface area contributed by atoms with E-state index in [4.69, 9.17) is 14.7 Å². The van der Waals surface area contributed by atoms with Gasteiger partial charge in [-0.15, -0.1) is 0 Å². The van der Waals surface area contributed by atoms with Gasteiger partial charge in [0.1, 0.15) is 12.4 Å². The van der Waals surface area contributed by atoms with Gasteiger partial charge >= 0.3 is 6.01 Å². The third-order valence-corrected chi connectivity index (χ3v) is 9.63. The maximum Gasteiger partial charge on any atom is 0.318 e. The van der Waals surface area contributed by atoms with Crippen LogP contribution in [0.4, 0.5) is 11.5 Å². The molecule has 0 unspecified atom stereocenters. The maximum atomic E-state index is 12.6. The zero-order valence-electron chi connectivity index (χ0n) is 27.5. The number of hydrogen-bond donors (Lipinski definition) is 1. The molecule has 1 amide bonds. The Kier molecular flexibility index (Phi) is 9.43. The fraction of sp³-hybridized carbons (Fsp3) is 0.500. The molecule has 0 bridgehead atoms. The van der Waals surface area contributed by atoms with Crippen LogP contribution in [-0.2, 0) is 17.8 Å². The third-order valence-electron chi connectivity index (χ3n) is 9.63. The first-order chi connectivity index (χ1) is 22.3. The molecule has 1 aliphatic carbocycles. The Hall–Kier alpha value is -4.20. The van der Waals surface area contributed by atoms with Gasteiger partial charge in [0.15, 0.2) is 0 Å². The summed E-state index contributed by atoms with van der Waals surface area (Å²) in [6.07, 6.45) is 5.63. The minimum atomic E-state index is -0.237. The Morgan fingerprint density at radius 3 is 2.72 bits per heavy atom. The minimum absolute atomic E-state index is 0.0210. The van der Waals surface area contributed by atoms with Crippen molar-refractivity contribution in [2.24, 2.45) is 0 Å². The number of fused-ring (bicyclic) bond motifs is 2. The summed E-state index contributed by atoms with van der Waals surface area (Å²) in [5.74, 6) is 0.730. The highest BCUT2D eigenvalue weighted by atomic mass is 16.5. The van der Waals surface area contributed by atoms with E-state index in [0.29, 0.717) is 38.8 Å². The molecule has 1 aromatic heterocycles. The summed E-state index contributed by atoms with van der Waals surface area (Å²) in [6.45, 7) is 11.5. The number of hydrogen-bond acceptors (Lipinski definition) is 9. The molecule has 46 heavy (non-hydrogen) atoms. The smallest absolute Gasteiger partial charge is 0.318 e. The second kappa shape index (κ2) is 13.7. The molecule has 2 aromatic carbocycles. The summed E-state index contributed by atoms with van der Waals surface area (Å²) in [4.78, 5) is 31.3. The van der Waals surface area contributed by atoms with Crippen LogP contribution >= 0.6 is 0 Å². The zero-order chi connectivity index (χ0) is 32.3. The van der Waals surface area contributed by atoms with Crippen molar-refractivity contribution in [3.63, 3.8) is 0 Å². The molecular formula is C36H46N8O2. The van der Waals surface area contributed by atoms with Gasteiger partial charge in [-0.3, -0.25) is 4.79 Å². The Morgan fingerprint density at radius 2 is 1.98 bits per heavy atom. The van der Waals surface area contributed by atoms with Crippen molar-refractivity contribution >= 4 is 28.2 Å². The molecule has 10 nitrogen and oxygen atoms in total. The van der Waals surface area contributed by atoms with Gasteiger partial charge in [0, 0.05) is 42.8 Å². The molecule has 1 saturated carbocycles. The van der Waals surface area contributed by atoms with Crippen molar-refractivity contribution in [3.05, 3.63) is 65.9 Å². The van der Waals surface area contributed by atoms with E-state index in [1.165, 1.54) is 28.1 Å². The highest BCUT2D eigenvalue weighted by Crippen LogP contribution is 2.38. The van der Waals surface area contributed by atoms with Gasteiger partial charge in [0.25, 0.3) is 0 Å². The largest absolute Gasteiger partial charge is 0.461 e. The summed E-state index contributed by atoms with van der Waals surface area (Å²) < 4.78 is 6.42. The number of carbonyl (C=O) groups excluding carboxylic acids is 1. The van der Waals surface area contributed by atoms with Crippen LogP contribution in [0.25, 0.3) is 10.8 Å². The zero-order valence-corrected chi connectivity index (χ0v) is 27.5. The molecule has 0 spiro atoms. The van der Waals surface area contributed by atoms with Crippen LogP contribution in [0.2, 0.25) is 0 Å². The van der Waals surface area contributed by atoms with Crippen LogP contribution in [0, 0.1) is 18.3 Å². The molecule has 10 heteroatoms. The predicted molar refractivity (Wildman–Crippen MR) is 182 cm³/mol. The van der Waals surface area contributed by atoms with Crippen LogP contribution in [0.15, 0.2) is 49.1 Å². The van der Waals surface area contributed by atoms with Gasteiger partial charge in [-0.1, -0.05) is 36.9 Å². The van der Waals surface area contributed by atoms with E-state index >= 15 is 0 Å². The van der Waals surface area contributed by atoms with Gasteiger partial charge in [-0.2, -0.15) is 15.2 Å². The molecular weight excluding hydrogens is 576 g/mol. The summed E-state index contributed by atoms with van der Waals surface area (Å²) in [5, 5.41) is 15.8. The lowest BCUT2D eigenvalue weighted by molar-refractivity contribution is -0.128. The molecule has 3 aliphatic rings. The molecule has 0 radical (unpaired) electrons. The molecule has 6 rings (SSSR count). The number of anilines is 2. The summed E-state index contributed by atoms with van der Waals surface area (Å²) in [7, 11) is 4.20. The van der Waals surface area contributed by atoms with E-state index in [9.17, 15) is 10.1 Å². The SMILES string of the molecule is C=CC(=O)N1CCN(c2nc(OCC3(NCCCN(C)C)CC3)nc3c2CCN(c2cccc4cccc(C)c24)C3)C[C@@H]1CC#N. The van der Waals surface area contributed by atoms with E-state index in [1.807, 2.05) is 0 Å². The van der Waals surface area contributed by atoms with Gasteiger partial charge in [0.2, 0.25) is 5.91 Å². The Labute approximate surface area is 272 Å². The average molecular weight is 623 g/mol. The topological polar surface area (TPSA) is 101 Å². The van der Waals surface area contributed by atoms with Crippen molar-refractivity contribution in [1.82, 2.24) is 25.1 Å². The summed E-state index contributed by atoms with van der Waals surface area (Å²) in [6, 6.07) is 15.4. The monoisotopic (exact) mass is 622 g/mol. The molecule has 2 aliphatic heterocycles. The van der Waals surface area contributed by atoms with Crippen LogP contribution in [0.1, 0.15) is 42.5 Å². The van der Waals surface area contributed by atoms with Gasteiger partial charge in [-0.05, 0) is 82.9 Å². The first kappa shape index (κ1) is 31.8. The molecule has 242 valence electrons. The number of carbonyl (C=O) groups is 1. The molecule has 1 N–H and O–H groups in total. The first-order valence-electron chi connectivity index (χ1n) is 16.5. The average Bonchev–Trinajstić information content (AvgIpc) is 3.84. The van der Waals surface area contributed by atoms with Crippen LogP contribution < -0.4 is 19.9 Å².